The minimum atomic E-state index is -3.59. The Morgan fingerprint density at radius 1 is 1.28 bits per heavy atom. The molecule has 0 spiro atoms. The number of rotatable bonds is 6. The number of alkyl halides is 1. The molecule has 0 bridgehead atoms. The summed E-state index contributed by atoms with van der Waals surface area (Å²) in [6, 6.07) is 0. The molecule has 29 heavy (non-hydrogen) atoms. The Morgan fingerprint density at radius 3 is 2.83 bits per heavy atom. The fourth-order valence-corrected chi connectivity index (χ4v) is 5.54. The van der Waals surface area contributed by atoms with E-state index in [1.165, 1.54) is 24.0 Å². The van der Waals surface area contributed by atoms with Crippen molar-refractivity contribution in [2.24, 2.45) is 5.14 Å². The zero-order valence-corrected chi connectivity index (χ0v) is 18.7. The number of nitrogen functional groups attached to an aromatic ring is 1. The van der Waals surface area contributed by atoms with Gasteiger partial charge in [0.2, 0.25) is 10.0 Å². The van der Waals surface area contributed by atoms with Gasteiger partial charge in [-0.3, -0.25) is 0 Å². The van der Waals surface area contributed by atoms with E-state index in [9.17, 15) is 12.8 Å². The largest absolute Gasteiger partial charge is 0.382 e. The van der Waals surface area contributed by atoms with Gasteiger partial charge in [-0.05, 0) is 43.3 Å². The van der Waals surface area contributed by atoms with Crippen molar-refractivity contribution in [3.05, 3.63) is 34.7 Å². The molecule has 0 amide bonds. The number of fused-ring (bicyclic) bond motifs is 1. The van der Waals surface area contributed by atoms with Gasteiger partial charge in [-0.15, -0.1) is 0 Å². The summed E-state index contributed by atoms with van der Waals surface area (Å²) in [5, 5.41) is 5.12. The lowest BCUT2D eigenvalue weighted by Crippen LogP contribution is -2.19. The number of imidazole rings is 1. The lowest BCUT2D eigenvalue weighted by molar-refractivity contribution is 0.540. The fraction of sp³-hybridized carbons (Fsp3) is 0.500. The molecule has 0 radical (unpaired) electrons. The predicted octanol–water partition coefficient (Wildman–Crippen LogP) is 2.38. The zero-order valence-electron chi connectivity index (χ0n) is 15.7. The van der Waals surface area contributed by atoms with Gasteiger partial charge >= 0.3 is 6.08 Å². The second-order valence-electron chi connectivity index (χ2n) is 7.50. The van der Waals surface area contributed by atoms with E-state index in [4.69, 9.17) is 10.9 Å². The van der Waals surface area contributed by atoms with Crippen LogP contribution in [0.25, 0.3) is 11.2 Å². The van der Waals surface area contributed by atoms with Crippen molar-refractivity contribution >= 4 is 49.6 Å². The number of nitrogens with two attached hydrogens (primary N) is 2. The SMILES string of the molecule is Nc1nc(F)nc2c1nc(CC1=CC3=C(CCC3)CC1I)n2CCCS(N)(=O)=O. The van der Waals surface area contributed by atoms with E-state index < -0.39 is 16.1 Å². The first-order valence-electron chi connectivity index (χ1n) is 9.45. The number of nitrogens with zero attached hydrogens (tertiary/aromatic N) is 4. The van der Waals surface area contributed by atoms with Crippen molar-refractivity contribution in [3.63, 3.8) is 0 Å². The summed E-state index contributed by atoms with van der Waals surface area (Å²) >= 11 is 2.46. The third-order valence-corrected chi connectivity index (χ3v) is 7.51. The van der Waals surface area contributed by atoms with Gasteiger partial charge in [0.05, 0.1) is 5.75 Å². The maximum absolute atomic E-state index is 13.8. The van der Waals surface area contributed by atoms with Gasteiger partial charge in [-0.25, -0.2) is 18.5 Å². The van der Waals surface area contributed by atoms with Gasteiger partial charge < -0.3 is 10.3 Å². The molecule has 156 valence electrons. The number of halogens is 2. The van der Waals surface area contributed by atoms with Crippen molar-refractivity contribution in [1.29, 1.82) is 0 Å². The highest BCUT2D eigenvalue weighted by Crippen LogP contribution is 2.39. The minimum absolute atomic E-state index is 0.0246. The summed E-state index contributed by atoms with van der Waals surface area (Å²) < 4.78 is 38.5. The minimum Gasteiger partial charge on any atom is -0.382 e. The number of anilines is 1. The summed E-state index contributed by atoms with van der Waals surface area (Å²) in [5.74, 6) is 0.475. The lowest BCUT2D eigenvalue weighted by Gasteiger charge is -2.21. The van der Waals surface area contributed by atoms with E-state index in [1.807, 2.05) is 0 Å². The highest BCUT2D eigenvalue weighted by Gasteiger charge is 2.26. The van der Waals surface area contributed by atoms with Crippen LogP contribution in [0.15, 0.2) is 22.8 Å². The smallest absolute Gasteiger partial charge is 0.312 e. The third-order valence-electron chi connectivity index (χ3n) is 5.41. The number of allylic oxidation sites excluding steroid dienone is 4. The summed E-state index contributed by atoms with van der Waals surface area (Å²) in [4.78, 5) is 12.0. The van der Waals surface area contributed by atoms with Crippen LogP contribution in [-0.4, -0.2) is 37.6 Å². The first-order chi connectivity index (χ1) is 13.7. The molecule has 8 nitrogen and oxygen atoms in total. The van der Waals surface area contributed by atoms with Crippen molar-refractivity contribution in [2.75, 3.05) is 11.5 Å². The number of aryl methyl sites for hydroxylation is 1. The normalized spacial score (nSPS) is 19.7. The lowest BCUT2D eigenvalue weighted by atomic mass is 9.92. The van der Waals surface area contributed by atoms with Crippen LogP contribution < -0.4 is 10.9 Å². The number of hydrogen-bond acceptors (Lipinski definition) is 6. The molecule has 11 heteroatoms. The molecule has 0 saturated carbocycles. The molecule has 2 heterocycles. The van der Waals surface area contributed by atoms with Gasteiger partial charge in [0.25, 0.3) is 0 Å². The van der Waals surface area contributed by atoms with E-state index in [2.05, 4.69) is 43.6 Å². The Hall–Kier alpha value is -1.60. The van der Waals surface area contributed by atoms with Gasteiger partial charge in [0, 0.05) is 16.9 Å². The Balaban J connectivity index is 1.71. The van der Waals surface area contributed by atoms with Crippen molar-refractivity contribution in [1.82, 2.24) is 19.5 Å². The Labute approximate surface area is 181 Å². The average molecular weight is 532 g/mol. The van der Waals surface area contributed by atoms with Crippen molar-refractivity contribution in [2.45, 2.75) is 49.0 Å². The highest BCUT2D eigenvalue weighted by molar-refractivity contribution is 14.1. The zero-order chi connectivity index (χ0) is 20.8. The molecule has 0 fully saturated rings. The number of aromatic nitrogens is 4. The summed E-state index contributed by atoms with van der Waals surface area (Å²) in [7, 11) is -3.59. The molecule has 1 unspecified atom stereocenters. The second-order valence-corrected chi connectivity index (χ2v) is 10.7. The maximum atomic E-state index is 13.8. The van der Waals surface area contributed by atoms with E-state index in [0.29, 0.717) is 28.2 Å². The van der Waals surface area contributed by atoms with E-state index in [1.54, 1.807) is 10.1 Å². The molecule has 2 aromatic heterocycles. The average Bonchev–Trinajstić information content (AvgIpc) is 3.19. The topological polar surface area (TPSA) is 130 Å². The molecule has 0 aliphatic heterocycles. The van der Waals surface area contributed by atoms with Crippen LogP contribution in [0.2, 0.25) is 0 Å². The van der Waals surface area contributed by atoms with Crippen LogP contribution in [0.1, 0.15) is 37.9 Å². The number of sulfonamides is 1. The molecule has 4 N–H and O–H groups in total. The third kappa shape index (κ3) is 4.45. The number of primary sulfonamides is 1. The molecule has 0 saturated heterocycles. The Morgan fingerprint density at radius 2 is 2.07 bits per heavy atom. The summed E-state index contributed by atoms with van der Waals surface area (Å²) in [6.07, 6.45) is 6.71. The van der Waals surface area contributed by atoms with Crippen LogP contribution in [0.5, 0.6) is 0 Å². The Kier molecular flexibility index (Phi) is 5.64. The molecule has 2 aromatic rings. The van der Waals surface area contributed by atoms with Crippen molar-refractivity contribution in [3.8, 4) is 0 Å². The summed E-state index contributed by atoms with van der Waals surface area (Å²) in [5.41, 5.74) is 10.7. The monoisotopic (exact) mass is 532 g/mol. The molecule has 0 aromatic carbocycles. The molecular weight excluding hydrogens is 510 g/mol. The number of hydrogen-bond donors (Lipinski definition) is 2. The first kappa shape index (κ1) is 20.7. The molecule has 2 aliphatic rings. The molecule has 1 atom stereocenters. The van der Waals surface area contributed by atoms with Crippen LogP contribution >= 0.6 is 22.6 Å². The van der Waals surface area contributed by atoms with Gasteiger partial charge in [0.1, 0.15) is 5.82 Å². The van der Waals surface area contributed by atoms with E-state index in [-0.39, 0.29) is 23.6 Å². The van der Waals surface area contributed by atoms with Gasteiger partial charge in [-0.1, -0.05) is 34.2 Å². The highest BCUT2D eigenvalue weighted by atomic mass is 127. The first-order valence-corrected chi connectivity index (χ1v) is 12.4. The molecular formula is C18H22FIN6O2S. The van der Waals surface area contributed by atoms with Crippen LogP contribution in [0.4, 0.5) is 10.2 Å². The fourth-order valence-electron chi connectivity index (χ4n) is 4.08. The van der Waals surface area contributed by atoms with Crippen LogP contribution in [0, 0.1) is 6.08 Å². The van der Waals surface area contributed by atoms with E-state index in [0.717, 1.165) is 12.8 Å². The van der Waals surface area contributed by atoms with E-state index >= 15 is 0 Å². The second kappa shape index (κ2) is 7.91. The standard InChI is InChI=1S/C18H22FIN6O2S/c19-18-24-16(21)15-17(25-18)26(5-2-6-29(22,27)28)14(23-15)9-12-7-10-3-1-4-11(10)8-13(12)20/h7,13H,1-6,8-9H2,(H2,21,24,25)(H2,22,27,28). The van der Waals surface area contributed by atoms with Gasteiger partial charge in [0.15, 0.2) is 17.0 Å². The quantitative estimate of drug-likeness (QED) is 0.334. The van der Waals surface area contributed by atoms with Crippen molar-refractivity contribution < 1.29 is 12.8 Å². The van der Waals surface area contributed by atoms with Gasteiger partial charge in [-0.2, -0.15) is 14.4 Å². The predicted molar refractivity (Wildman–Crippen MR) is 117 cm³/mol. The molecule has 4 rings (SSSR count). The molecule has 2 aliphatic carbocycles. The van der Waals surface area contributed by atoms with Crippen LogP contribution in [-0.2, 0) is 23.0 Å². The Bertz CT molecular complexity index is 1140. The summed E-state index contributed by atoms with van der Waals surface area (Å²) in [6.45, 7) is 0.297. The van der Waals surface area contributed by atoms with Crippen LogP contribution in [0.3, 0.4) is 0 Å². The maximum Gasteiger partial charge on any atom is 0.312 e.